The van der Waals surface area contributed by atoms with E-state index in [4.69, 9.17) is 5.41 Å². The van der Waals surface area contributed by atoms with E-state index in [2.05, 4.69) is 15.2 Å². The van der Waals surface area contributed by atoms with Gasteiger partial charge in [0.15, 0.2) is 0 Å². The number of carbonyl (C=O) groups is 1. The number of amidine groups is 1. The van der Waals surface area contributed by atoms with E-state index >= 15 is 0 Å². The highest BCUT2D eigenvalue weighted by molar-refractivity contribution is 7.45. The summed E-state index contributed by atoms with van der Waals surface area (Å²) in [5.74, 6) is 1.84. The Hall–Kier alpha value is -2.08. The summed E-state index contributed by atoms with van der Waals surface area (Å²) in [6.45, 7) is 1.92. The maximum Gasteiger partial charge on any atom is 0.264 e. The van der Waals surface area contributed by atoms with E-state index in [1.165, 1.54) is 4.90 Å². The molecule has 0 radical (unpaired) electrons. The van der Waals surface area contributed by atoms with Crippen LogP contribution in [0.1, 0.15) is 27.0 Å². The van der Waals surface area contributed by atoms with Gasteiger partial charge in [0.1, 0.15) is 5.84 Å². The molecule has 108 valence electrons. The number of benzene rings is 2. The zero-order valence-electron chi connectivity index (χ0n) is 12.1. The number of fused-ring (bicyclic) bond motifs is 1. The van der Waals surface area contributed by atoms with Gasteiger partial charge in [-0.1, -0.05) is 26.6 Å². The van der Waals surface area contributed by atoms with Gasteiger partial charge in [0, 0.05) is 16.4 Å². The van der Waals surface area contributed by atoms with Crippen LogP contribution in [0, 0.1) is 12.3 Å². The second-order valence-corrected chi connectivity index (χ2v) is 6.15. The van der Waals surface area contributed by atoms with Gasteiger partial charge in [0.05, 0.1) is 11.3 Å². The van der Waals surface area contributed by atoms with Gasteiger partial charge < -0.3 is 0 Å². The lowest BCUT2D eigenvalue weighted by Crippen LogP contribution is -2.30. The summed E-state index contributed by atoms with van der Waals surface area (Å²) in [6.07, 6.45) is 3.85. The van der Waals surface area contributed by atoms with Crippen LogP contribution in [0.25, 0.3) is 0 Å². The largest absolute Gasteiger partial charge is 0.283 e. The zero-order valence-corrected chi connectivity index (χ0v) is 13.9. The lowest BCUT2D eigenvalue weighted by molar-refractivity contribution is 0.101. The number of rotatable bonds is 3. The van der Waals surface area contributed by atoms with Gasteiger partial charge >= 0.3 is 0 Å². The maximum atomic E-state index is 12.7. The van der Waals surface area contributed by atoms with E-state index in [1.807, 2.05) is 37.3 Å². The van der Waals surface area contributed by atoms with Gasteiger partial charge in [0.25, 0.3) is 5.91 Å². The lowest BCUT2D eigenvalue weighted by Gasteiger charge is -2.19. The number of nitrogens with zero attached hydrogens (tertiary/aromatic N) is 1. The molecule has 1 amide bonds. The molecule has 1 aliphatic heterocycles. The molecule has 0 spiro atoms. The summed E-state index contributed by atoms with van der Waals surface area (Å²) >= 11 is 0. The van der Waals surface area contributed by atoms with Gasteiger partial charge in [0.2, 0.25) is 0 Å². The third-order valence-corrected chi connectivity index (χ3v) is 4.71. The highest BCUT2D eigenvalue weighted by atomic mass is 31.1. The van der Waals surface area contributed by atoms with Crippen molar-refractivity contribution in [3.63, 3.8) is 0 Å². The third kappa shape index (κ3) is 2.14. The highest BCUT2D eigenvalue weighted by Crippen LogP contribution is 2.31. The number of hydrogen-bond donors (Lipinski definition) is 1. The number of hydrogen-bond acceptors (Lipinski definition) is 2. The Morgan fingerprint density at radius 1 is 1.32 bits per heavy atom. The average Bonchev–Trinajstić information content (AvgIpc) is 2.79. The minimum absolute atomic E-state index is 0.154. The molecule has 2 aromatic carbocycles. The minimum Gasteiger partial charge on any atom is -0.283 e. The van der Waals surface area contributed by atoms with Crippen LogP contribution < -0.4 is 10.2 Å². The molecule has 0 unspecified atom stereocenters. The summed E-state index contributed by atoms with van der Waals surface area (Å²) in [6, 6.07) is 11.3. The first-order chi connectivity index (χ1) is 10.6. The zero-order chi connectivity index (χ0) is 15.9. The summed E-state index contributed by atoms with van der Waals surface area (Å²) < 4.78 is 0. The molecule has 0 atom stereocenters. The number of amides is 1. The molecular weight excluding hydrogens is 310 g/mol. The van der Waals surface area contributed by atoms with E-state index < -0.39 is 0 Å². The predicted molar refractivity (Wildman–Crippen MR) is 98.4 cm³/mol. The van der Waals surface area contributed by atoms with Crippen LogP contribution >= 0.6 is 17.1 Å². The van der Waals surface area contributed by atoms with Crippen molar-refractivity contribution < 1.29 is 4.79 Å². The summed E-state index contributed by atoms with van der Waals surface area (Å²) in [5, 5.41) is 9.48. The Morgan fingerprint density at radius 3 is 2.73 bits per heavy atom. The SMILES string of the molecule is C=Pc1ccc(N2C(=N)c3c(C)cccc3C2=O)c(C=P)c1. The molecule has 0 saturated heterocycles. The maximum absolute atomic E-state index is 12.7. The minimum atomic E-state index is -0.154. The van der Waals surface area contributed by atoms with Gasteiger partial charge in [-0.15, -0.1) is 8.86 Å². The van der Waals surface area contributed by atoms with Gasteiger partial charge in [-0.3, -0.25) is 15.1 Å². The van der Waals surface area contributed by atoms with Crippen molar-refractivity contribution in [2.24, 2.45) is 0 Å². The van der Waals surface area contributed by atoms with Gasteiger partial charge in [-0.05, 0) is 42.5 Å². The first-order valence-corrected chi connectivity index (χ1v) is 8.38. The molecular formula is C17H14N2OP2. The van der Waals surface area contributed by atoms with E-state index in [-0.39, 0.29) is 11.7 Å². The van der Waals surface area contributed by atoms with Crippen molar-refractivity contribution in [2.75, 3.05) is 4.90 Å². The predicted octanol–water partition coefficient (Wildman–Crippen LogP) is 3.28. The van der Waals surface area contributed by atoms with Gasteiger partial charge in [-0.25, -0.2) is 0 Å². The molecule has 0 aliphatic carbocycles. The topological polar surface area (TPSA) is 44.2 Å². The number of anilines is 1. The van der Waals surface area contributed by atoms with E-state index in [0.29, 0.717) is 16.8 Å². The average molecular weight is 324 g/mol. The van der Waals surface area contributed by atoms with Crippen LogP contribution in [0.2, 0.25) is 0 Å². The fraction of sp³-hybridized carbons (Fsp3) is 0.0588. The smallest absolute Gasteiger partial charge is 0.264 e. The molecule has 1 N–H and O–H groups in total. The Kier molecular flexibility index (Phi) is 3.78. The van der Waals surface area contributed by atoms with E-state index in [0.717, 1.165) is 24.6 Å². The molecule has 0 aromatic heterocycles. The van der Waals surface area contributed by atoms with Crippen LogP contribution in [-0.4, -0.2) is 23.8 Å². The first-order valence-electron chi connectivity index (χ1n) is 6.72. The standard InChI is InChI=1S/C17H14N2OP2/c1-10-4-3-5-13-15(10)16(18)19(17(13)20)14-7-6-12(22-2)8-11(14)9-21/h3-9,18,21H,2H2,1H3. The van der Waals surface area contributed by atoms with Crippen LogP contribution in [0.15, 0.2) is 36.4 Å². The van der Waals surface area contributed by atoms with Crippen LogP contribution in [0.3, 0.4) is 0 Å². The van der Waals surface area contributed by atoms with Crippen molar-refractivity contribution in [1.82, 2.24) is 0 Å². The third-order valence-electron chi connectivity index (χ3n) is 3.76. The van der Waals surface area contributed by atoms with Gasteiger partial charge in [-0.2, -0.15) is 0 Å². The second kappa shape index (κ2) is 5.61. The van der Waals surface area contributed by atoms with Crippen molar-refractivity contribution in [2.45, 2.75) is 6.92 Å². The van der Waals surface area contributed by atoms with Crippen molar-refractivity contribution in [3.8, 4) is 0 Å². The summed E-state index contributed by atoms with van der Waals surface area (Å²) in [7, 11) is 4.32. The normalized spacial score (nSPS) is 13.6. The molecule has 2 aromatic rings. The lowest BCUT2D eigenvalue weighted by atomic mass is 10.0. The van der Waals surface area contributed by atoms with Crippen LogP contribution in [-0.2, 0) is 0 Å². The van der Waals surface area contributed by atoms with Crippen LogP contribution in [0.5, 0.6) is 0 Å². The fourth-order valence-electron chi connectivity index (χ4n) is 2.68. The second-order valence-electron chi connectivity index (χ2n) is 5.03. The van der Waals surface area contributed by atoms with Crippen LogP contribution in [0.4, 0.5) is 5.69 Å². The molecule has 0 bridgehead atoms. The molecule has 1 heterocycles. The number of carbonyl (C=O) groups excluding carboxylic acids is 1. The number of nitrogens with one attached hydrogen (secondary N) is 1. The molecule has 5 heteroatoms. The van der Waals surface area contributed by atoms with Crippen molar-refractivity contribution in [3.05, 3.63) is 58.7 Å². The Morgan fingerprint density at radius 2 is 2.09 bits per heavy atom. The first kappa shape index (κ1) is 14.8. The molecule has 22 heavy (non-hydrogen) atoms. The molecule has 3 nitrogen and oxygen atoms in total. The summed E-state index contributed by atoms with van der Waals surface area (Å²) in [4.78, 5) is 14.2. The molecule has 0 saturated carbocycles. The molecule has 0 fully saturated rings. The number of aryl methyl sites for hydroxylation is 1. The molecule has 1 aliphatic rings. The monoisotopic (exact) mass is 324 g/mol. The Balaban J connectivity index is 2.18. The highest BCUT2D eigenvalue weighted by Gasteiger charge is 2.35. The van der Waals surface area contributed by atoms with Crippen molar-refractivity contribution in [1.29, 1.82) is 5.41 Å². The quantitative estimate of drug-likeness (QED) is 0.865. The van der Waals surface area contributed by atoms with E-state index in [9.17, 15) is 4.79 Å². The molecule has 3 rings (SSSR count). The Bertz CT molecular complexity index is 843. The Labute approximate surface area is 133 Å². The van der Waals surface area contributed by atoms with Crippen molar-refractivity contribution >= 4 is 51.9 Å². The fourth-order valence-corrected chi connectivity index (χ4v) is 3.32. The summed E-state index contributed by atoms with van der Waals surface area (Å²) in [5.41, 5.74) is 3.80. The van der Waals surface area contributed by atoms with E-state index in [1.54, 1.807) is 11.9 Å².